The minimum absolute atomic E-state index is 0.00926. The van der Waals surface area contributed by atoms with Gasteiger partial charge in [0.15, 0.2) is 0 Å². The van der Waals surface area contributed by atoms with E-state index in [1.54, 1.807) is 0 Å². The van der Waals surface area contributed by atoms with Crippen LogP contribution in [-0.2, 0) is 4.79 Å². The van der Waals surface area contributed by atoms with E-state index in [1.165, 1.54) is 0 Å². The van der Waals surface area contributed by atoms with Gasteiger partial charge in [0.05, 0.1) is 5.92 Å². The van der Waals surface area contributed by atoms with E-state index < -0.39 is 5.97 Å². The van der Waals surface area contributed by atoms with Crippen molar-refractivity contribution < 1.29 is 9.90 Å². The van der Waals surface area contributed by atoms with Crippen LogP contribution in [0, 0.1) is 17.3 Å². The minimum atomic E-state index is -0.658. The van der Waals surface area contributed by atoms with Crippen molar-refractivity contribution in [3.05, 3.63) is 0 Å². The number of alkyl halides is 1. The van der Waals surface area contributed by atoms with Gasteiger partial charge in [-0.15, -0.1) is 0 Å². The maximum absolute atomic E-state index is 10.5. The molecule has 0 aromatic carbocycles. The first-order valence-corrected chi connectivity index (χ1v) is 4.42. The number of hydrogen-bond acceptors (Lipinski definition) is 1. The first-order chi connectivity index (χ1) is 4.51. The lowest BCUT2D eigenvalue weighted by Crippen LogP contribution is -2.03. The van der Waals surface area contributed by atoms with E-state index >= 15 is 0 Å². The van der Waals surface area contributed by atoms with Gasteiger partial charge < -0.3 is 5.11 Å². The van der Waals surface area contributed by atoms with Crippen molar-refractivity contribution in [2.75, 3.05) is 5.33 Å². The molecule has 1 aliphatic rings. The monoisotopic (exact) mass is 206 g/mol. The topological polar surface area (TPSA) is 37.3 Å². The highest BCUT2D eigenvalue weighted by atomic mass is 79.9. The molecule has 2 nitrogen and oxygen atoms in total. The van der Waals surface area contributed by atoms with Gasteiger partial charge in [-0.05, 0) is 11.3 Å². The van der Waals surface area contributed by atoms with Gasteiger partial charge in [0.2, 0.25) is 0 Å². The molecule has 1 N–H and O–H groups in total. The molecule has 2 atom stereocenters. The van der Waals surface area contributed by atoms with Crippen LogP contribution < -0.4 is 0 Å². The molecule has 0 spiro atoms. The number of hydrogen-bond donors (Lipinski definition) is 1. The lowest BCUT2D eigenvalue weighted by atomic mass is 10.1. The first kappa shape index (κ1) is 8.05. The van der Waals surface area contributed by atoms with Crippen molar-refractivity contribution in [3.8, 4) is 0 Å². The zero-order chi connectivity index (χ0) is 7.94. The predicted octanol–water partition coefficient (Wildman–Crippen LogP) is 1.74. The summed E-state index contributed by atoms with van der Waals surface area (Å²) in [6, 6.07) is 0. The van der Waals surface area contributed by atoms with E-state index in [-0.39, 0.29) is 11.3 Å². The van der Waals surface area contributed by atoms with Crippen LogP contribution in [0.4, 0.5) is 0 Å². The molecule has 0 heterocycles. The molecule has 0 amide bonds. The van der Waals surface area contributed by atoms with Gasteiger partial charge >= 0.3 is 5.97 Å². The van der Waals surface area contributed by atoms with Gasteiger partial charge in [0.1, 0.15) is 0 Å². The van der Waals surface area contributed by atoms with Gasteiger partial charge in [-0.25, -0.2) is 0 Å². The maximum atomic E-state index is 10.5. The molecule has 3 heteroatoms. The van der Waals surface area contributed by atoms with Gasteiger partial charge in [-0.1, -0.05) is 29.8 Å². The average molecular weight is 207 g/mol. The lowest BCUT2D eigenvalue weighted by molar-refractivity contribution is -0.139. The summed E-state index contributed by atoms with van der Waals surface area (Å²) in [5.74, 6) is -0.466. The van der Waals surface area contributed by atoms with E-state index in [2.05, 4.69) is 15.9 Å². The average Bonchev–Trinajstić information content (AvgIpc) is 2.33. The fourth-order valence-electron chi connectivity index (χ4n) is 1.52. The van der Waals surface area contributed by atoms with Crippen LogP contribution >= 0.6 is 15.9 Å². The van der Waals surface area contributed by atoms with Crippen LogP contribution in [-0.4, -0.2) is 16.4 Å². The summed E-state index contributed by atoms with van der Waals surface area (Å²) in [7, 11) is 0. The summed E-state index contributed by atoms with van der Waals surface area (Å²) in [5, 5.41) is 9.47. The van der Waals surface area contributed by atoms with Crippen molar-refractivity contribution in [1.29, 1.82) is 0 Å². The third kappa shape index (κ3) is 0.965. The summed E-state index contributed by atoms with van der Waals surface area (Å²) in [6.45, 7) is 4.00. The number of rotatable bonds is 2. The van der Waals surface area contributed by atoms with Crippen LogP contribution in [0.2, 0.25) is 0 Å². The van der Waals surface area contributed by atoms with Gasteiger partial charge in [0.25, 0.3) is 0 Å². The second kappa shape index (κ2) is 2.22. The molecule has 0 aliphatic heterocycles. The highest BCUT2D eigenvalue weighted by molar-refractivity contribution is 9.09. The van der Waals surface area contributed by atoms with Gasteiger partial charge in [0, 0.05) is 5.33 Å². The molecule has 0 radical (unpaired) electrons. The predicted molar refractivity (Wildman–Crippen MR) is 42.2 cm³/mol. The van der Waals surface area contributed by atoms with Crippen LogP contribution in [0.15, 0.2) is 0 Å². The molecular weight excluding hydrogens is 196 g/mol. The Morgan fingerprint density at radius 2 is 2.20 bits per heavy atom. The van der Waals surface area contributed by atoms with E-state index in [9.17, 15) is 4.79 Å². The Labute approximate surface area is 68.7 Å². The zero-order valence-corrected chi connectivity index (χ0v) is 7.68. The van der Waals surface area contributed by atoms with Crippen molar-refractivity contribution in [2.24, 2.45) is 17.3 Å². The minimum Gasteiger partial charge on any atom is -0.481 e. The molecule has 0 bridgehead atoms. The molecule has 1 aliphatic carbocycles. The molecule has 1 rings (SSSR count). The first-order valence-electron chi connectivity index (χ1n) is 3.30. The van der Waals surface area contributed by atoms with E-state index in [0.29, 0.717) is 5.92 Å². The standard InChI is InChI=1S/C7H11BrO2/c1-7(2)4(3-8)5(7)6(9)10/h4-5H,3H2,1-2H3,(H,9,10). The number of carbonyl (C=O) groups is 1. The second-order valence-electron chi connectivity index (χ2n) is 3.40. The Morgan fingerprint density at radius 3 is 2.30 bits per heavy atom. The summed E-state index contributed by atoms with van der Waals surface area (Å²) < 4.78 is 0. The summed E-state index contributed by atoms with van der Waals surface area (Å²) in [6.07, 6.45) is 0. The fraction of sp³-hybridized carbons (Fsp3) is 0.857. The third-order valence-corrected chi connectivity index (χ3v) is 3.18. The zero-order valence-electron chi connectivity index (χ0n) is 6.10. The van der Waals surface area contributed by atoms with Crippen LogP contribution in [0.5, 0.6) is 0 Å². The van der Waals surface area contributed by atoms with E-state index in [0.717, 1.165) is 5.33 Å². The van der Waals surface area contributed by atoms with Crippen molar-refractivity contribution >= 4 is 21.9 Å². The van der Waals surface area contributed by atoms with Crippen molar-refractivity contribution in [3.63, 3.8) is 0 Å². The van der Waals surface area contributed by atoms with Gasteiger partial charge in [-0.2, -0.15) is 0 Å². The van der Waals surface area contributed by atoms with Crippen molar-refractivity contribution in [1.82, 2.24) is 0 Å². The molecule has 0 saturated heterocycles. The van der Waals surface area contributed by atoms with Crippen LogP contribution in [0.1, 0.15) is 13.8 Å². The molecular formula is C7H11BrO2. The Hall–Kier alpha value is -0.0500. The summed E-state index contributed by atoms with van der Waals surface area (Å²) in [5.41, 5.74) is 0.00926. The molecule has 1 fully saturated rings. The second-order valence-corrected chi connectivity index (χ2v) is 4.05. The SMILES string of the molecule is CC1(C)C(CBr)C1C(=O)O. The summed E-state index contributed by atoms with van der Waals surface area (Å²) in [4.78, 5) is 10.5. The van der Waals surface area contributed by atoms with E-state index in [4.69, 9.17) is 5.11 Å². The molecule has 0 aromatic heterocycles. The normalized spacial score (nSPS) is 35.5. The molecule has 2 unspecified atom stereocenters. The molecule has 0 aromatic rings. The quantitative estimate of drug-likeness (QED) is 0.700. The Bertz CT molecular complexity index is 165. The van der Waals surface area contributed by atoms with Crippen LogP contribution in [0.3, 0.4) is 0 Å². The van der Waals surface area contributed by atoms with Crippen molar-refractivity contribution in [2.45, 2.75) is 13.8 Å². The highest BCUT2D eigenvalue weighted by Gasteiger charge is 2.61. The lowest BCUT2D eigenvalue weighted by Gasteiger charge is -1.96. The number of carboxylic acids is 1. The third-order valence-electron chi connectivity index (χ3n) is 2.48. The molecule has 1 saturated carbocycles. The smallest absolute Gasteiger partial charge is 0.307 e. The Balaban J connectivity index is 2.61. The maximum Gasteiger partial charge on any atom is 0.307 e. The number of carboxylic acid groups (broad SMARTS) is 1. The largest absolute Gasteiger partial charge is 0.481 e. The highest BCUT2D eigenvalue weighted by Crippen LogP contribution is 2.58. The Morgan fingerprint density at radius 1 is 1.70 bits per heavy atom. The molecule has 10 heavy (non-hydrogen) atoms. The van der Waals surface area contributed by atoms with E-state index in [1.807, 2.05) is 13.8 Å². The molecule has 58 valence electrons. The van der Waals surface area contributed by atoms with Gasteiger partial charge in [-0.3, -0.25) is 4.79 Å². The number of aliphatic carboxylic acids is 1. The fourth-order valence-corrected chi connectivity index (χ4v) is 2.73. The Kier molecular flexibility index (Phi) is 1.79. The number of halogens is 1. The summed E-state index contributed by atoms with van der Waals surface area (Å²) >= 11 is 3.30. The van der Waals surface area contributed by atoms with Crippen LogP contribution in [0.25, 0.3) is 0 Å².